The average Bonchev–Trinajstić information content (AvgIpc) is 2.84. The number of alkyl halides is 1. The number of halogens is 1. The minimum atomic E-state index is 0.0633. The van der Waals surface area contributed by atoms with Crippen molar-refractivity contribution in [2.24, 2.45) is 11.8 Å². The number of aryl methyl sites for hydroxylation is 1. The van der Waals surface area contributed by atoms with Gasteiger partial charge in [-0.15, -0.1) is 0 Å². The molecule has 0 aliphatic heterocycles. The van der Waals surface area contributed by atoms with E-state index in [0.717, 1.165) is 28.9 Å². The van der Waals surface area contributed by atoms with Crippen LogP contribution in [0.15, 0.2) is 24.3 Å². The van der Waals surface area contributed by atoms with Crippen molar-refractivity contribution in [2.75, 3.05) is 11.9 Å². The first kappa shape index (κ1) is 13.6. The van der Waals surface area contributed by atoms with Gasteiger partial charge in [-0.05, 0) is 43.2 Å². The van der Waals surface area contributed by atoms with Crippen LogP contribution in [0.25, 0.3) is 0 Å². The summed E-state index contributed by atoms with van der Waals surface area (Å²) in [5.41, 5.74) is 1.84. The molecule has 18 heavy (non-hydrogen) atoms. The van der Waals surface area contributed by atoms with Gasteiger partial charge in [-0.25, -0.2) is 0 Å². The Morgan fingerprint density at radius 1 is 1.33 bits per heavy atom. The summed E-state index contributed by atoms with van der Waals surface area (Å²) >= 11 is 3.57. The summed E-state index contributed by atoms with van der Waals surface area (Å²) in [6.07, 6.45) is 3.82. The third kappa shape index (κ3) is 3.14. The lowest BCUT2D eigenvalue weighted by molar-refractivity contribution is 0.0944. The Balaban J connectivity index is 1.91. The molecule has 2 atom stereocenters. The molecule has 1 aliphatic rings. The average molecular weight is 310 g/mol. The maximum atomic E-state index is 12.1. The quantitative estimate of drug-likeness (QED) is 0.847. The SMILES string of the molecule is Cc1ccccc1C(=O)NCC1CCCC1CBr. The highest BCUT2D eigenvalue weighted by atomic mass is 79.9. The van der Waals surface area contributed by atoms with Crippen LogP contribution >= 0.6 is 15.9 Å². The number of amides is 1. The van der Waals surface area contributed by atoms with E-state index >= 15 is 0 Å². The first-order valence-corrected chi connectivity index (χ1v) is 7.74. The van der Waals surface area contributed by atoms with Gasteiger partial charge in [0.25, 0.3) is 5.91 Å². The fourth-order valence-electron chi connectivity index (χ4n) is 2.73. The topological polar surface area (TPSA) is 29.1 Å². The zero-order valence-corrected chi connectivity index (χ0v) is 12.4. The van der Waals surface area contributed by atoms with E-state index in [0.29, 0.717) is 5.92 Å². The molecular weight excluding hydrogens is 290 g/mol. The van der Waals surface area contributed by atoms with Crippen molar-refractivity contribution >= 4 is 21.8 Å². The van der Waals surface area contributed by atoms with Crippen molar-refractivity contribution in [3.05, 3.63) is 35.4 Å². The predicted molar refractivity (Wildman–Crippen MR) is 78.1 cm³/mol. The smallest absolute Gasteiger partial charge is 0.251 e. The van der Waals surface area contributed by atoms with Crippen molar-refractivity contribution in [2.45, 2.75) is 26.2 Å². The van der Waals surface area contributed by atoms with Crippen LogP contribution < -0.4 is 5.32 Å². The molecular formula is C15H20BrNO. The molecule has 2 unspecified atom stereocenters. The summed E-state index contributed by atoms with van der Waals surface area (Å²) in [6, 6.07) is 7.75. The van der Waals surface area contributed by atoms with Gasteiger partial charge in [0, 0.05) is 17.4 Å². The van der Waals surface area contributed by atoms with E-state index in [1.54, 1.807) is 0 Å². The number of benzene rings is 1. The second-order valence-corrected chi connectivity index (χ2v) is 5.78. The maximum absolute atomic E-state index is 12.1. The minimum absolute atomic E-state index is 0.0633. The van der Waals surface area contributed by atoms with Crippen LogP contribution in [0, 0.1) is 18.8 Å². The number of hydrogen-bond donors (Lipinski definition) is 1. The van der Waals surface area contributed by atoms with Crippen molar-refractivity contribution in [3.8, 4) is 0 Å². The normalized spacial score (nSPS) is 23.0. The van der Waals surface area contributed by atoms with Gasteiger partial charge in [-0.1, -0.05) is 40.5 Å². The van der Waals surface area contributed by atoms with Crippen LogP contribution in [-0.4, -0.2) is 17.8 Å². The molecule has 1 aromatic carbocycles. The summed E-state index contributed by atoms with van der Waals surface area (Å²) in [4.78, 5) is 12.1. The monoisotopic (exact) mass is 309 g/mol. The van der Waals surface area contributed by atoms with Gasteiger partial charge in [0.1, 0.15) is 0 Å². The summed E-state index contributed by atoms with van der Waals surface area (Å²) in [5, 5.41) is 4.14. The zero-order chi connectivity index (χ0) is 13.0. The molecule has 98 valence electrons. The van der Waals surface area contributed by atoms with Crippen LogP contribution in [-0.2, 0) is 0 Å². The second kappa shape index (κ2) is 6.37. The van der Waals surface area contributed by atoms with Crippen LogP contribution in [0.1, 0.15) is 35.2 Å². The molecule has 1 amide bonds. The van der Waals surface area contributed by atoms with E-state index in [1.807, 2.05) is 31.2 Å². The number of rotatable bonds is 4. The lowest BCUT2D eigenvalue weighted by atomic mass is 9.98. The van der Waals surface area contributed by atoms with Gasteiger partial charge < -0.3 is 5.32 Å². The van der Waals surface area contributed by atoms with Gasteiger partial charge >= 0.3 is 0 Å². The molecule has 0 saturated heterocycles. The number of carbonyl (C=O) groups excluding carboxylic acids is 1. The molecule has 0 aromatic heterocycles. The third-order valence-electron chi connectivity index (χ3n) is 3.93. The Morgan fingerprint density at radius 2 is 2.06 bits per heavy atom. The van der Waals surface area contributed by atoms with E-state index in [9.17, 15) is 4.79 Å². The third-order valence-corrected chi connectivity index (χ3v) is 4.76. The first-order valence-electron chi connectivity index (χ1n) is 6.62. The predicted octanol–water partition coefficient (Wildman–Crippen LogP) is 3.54. The minimum Gasteiger partial charge on any atom is -0.352 e. The van der Waals surface area contributed by atoms with E-state index in [2.05, 4.69) is 21.2 Å². The zero-order valence-electron chi connectivity index (χ0n) is 10.8. The van der Waals surface area contributed by atoms with Gasteiger partial charge in [-0.3, -0.25) is 4.79 Å². The van der Waals surface area contributed by atoms with Gasteiger partial charge in [0.15, 0.2) is 0 Å². The first-order chi connectivity index (χ1) is 8.72. The van der Waals surface area contributed by atoms with Gasteiger partial charge in [0.2, 0.25) is 0 Å². The van der Waals surface area contributed by atoms with E-state index in [4.69, 9.17) is 0 Å². The highest BCUT2D eigenvalue weighted by Gasteiger charge is 2.26. The highest BCUT2D eigenvalue weighted by Crippen LogP contribution is 2.32. The maximum Gasteiger partial charge on any atom is 0.251 e. The fourth-order valence-corrected chi connectivity index (χ4v) is 3.58. The molecule has 1 fully saturated rings. The van der Waals surface area contributed by atoms with Gasteiger partial charge in [0.05, 0.1) is 0 Å². The molecule has 0 spiro atoms. The van der Waals surface area contributed by atoms with Crippen molar-refractivity contribution in [1.82, 2.24) is 5.32 Å². The highest BCUT2D eigenvalue weighted by molar-refractivity contribution is 9.09. The van der Waals surface area contributed by atoms with Crippen LogP contribution in [0.2, 0.25) is 0 Å². The van der Waals surface area contributed by atoms with Crippen LogP contribution in [0.4, 0.5) is 0 Å². The van der Waals surface area contributed by atoms with Crippen molar-refractivity contribution in [3.63, 3.8) is 0 Å². The molecule has 0 bridgehead atoms. The molecule has 0 radical (unpaired) electrons. The van der Waals surface area contributed by atoms with E-state index < -0.39 is 0 Å². The van der Waals surface area contributed by atoms with Crippen molar-refractivity contribution in [1.29, 1.82) is 0 Å². The number of carbonyl (C=O) groups is 1. The number of hydrogen-bond acceptors (Lipinski definition) is 1. The van der Waals surface area contributed by atoms with Gasteiger partial charge in [-0.2, -0.15) is 0 Å². The summed E-state index contributed by atoms with van der Waals surface area (Å²) in [6.45, 7) is 2.79. The molecule has 1 saturated carbocycles. The summed E-state index contributed by atoms with van der Waals surface area (Å²) < 4.78 is 0. The van der Waals surface area contributed by atoms with Crippen molar-refractivity contribution < 1.29 is 4.79 Å². The molecule has 1 aromatic rings. The van der Waals surface area contributed by atoms with E-state index in [-0.39, 0.29) is 5.91 Å². The van der Waals surface area contributed by atoms with E-state index in [1.165, 1.54) is 19.3 Å². The molecule has 2 rings (SSSR count). The molecule has 3 heteroatoms. The largest absolute Gasteiger partial charge is 0.352 e. The second-order valence-electron chi connectivity index (χ2n) is 5.13. The summed E-state index contributed by atoms with van der Waals surface area (Å²) in [7, 11) is 0. The molecule has 1 N–H and O–H groups in total. The lowest BCUT2D eigenvalue weighted by Gasteiger charge is -2.18. The Hall–Kier alpha value is -0.830. The molecule has 2 nitrogen and oxygen atoms in total. The summed E-state index contributed by atoms with van der Waals surface area (Å²) in [5.74, 6) is 1.42. The Labute approximate surface area is 117 Å². The van der Waals surface area contributed by atoms with Crippen LogP contribution in [0.5, 0.6) is 0 Å². The van der Waals surface area contributed by atoms with Crippen LogP contribution in [0.3, 0.4) is 0 Å². The Kier molecular flexibility index (Phi) is 4.81. The standard InChI is InChI=1S/C15H20BrNO/c1-11-5-2-3-8-14(11)15(18)17-10-13-7-4-6-12(13)9-16/h2-3,5,8,12-13H,4,6-7,9-10H2,1H3,(H,17,18). The lowest BCUT2D eigenvalue weighted by Crippen LogP contribution is -2.31. The Morgan fingerprint density at radius 3 is 2.78 bits per heavy atom. The number of nitrogens with one attached hydrogen (secondary N) is 1. The molecule has 0 heterocycles. The molecule has 1 aliphatic carbocycles. The Bertz CT molecular complexity index is 419. The fraction of sp³-hybridized carbons (Fsp3) is 0.533.